The van der Waals surface area contributed by atoms with Crippen molar-refractivity contribution in [2.75, 3.05) is 26.2 Å². The van der Waals surface area contributed by atoms with E-state index >= 15 is 0 Å². The second kappa shape index (κ2) is 3.08. The molecule has 2 rings (SSSR count). The van der Waals surface area contributed by atoms with Crippen molar-refractivity contribution in [3.63, 3.8) is 0 Å². The van der Waals surface area contributed by atoms with E-state index in [2.05, 4.69) is 10.8 Å². The van der Waals surface area contributed by atoms with Crippen LogP contribution in [0.1, 0.15) is 19.3 Å². The molecule has 2 nitrogen and oxygen atoms in total. The van der Waals surface area contributed by atoms with Crippen molar-refractivity contribution in [1.29, 1.82) is 0 Å². The number of hydrogen-bond acceptors (Lipinski definition) is 2. The average Bonchev–Trinajstić information content (AvgIpc) is 2.03. The summed E-state index contributed by atoms with van der Waals surface area (Å²) in [6.07, 6.45) is 9.06. The van der Waals surface area contributed by atoms with Gasteiger partial charge < -0.3 is 4.74 Å². The number of nitrogens with zero attached hydrogens (tertiary/aromatic N) is 1. The first-order valence-corrected chi connectivity index (χ1v) is 4.64. The Kier molecular flexibility index (Phi) is 2.08. The van der Waals surface area contributed by atoms with Gasteiger partial charge >= 0.3 is 0 Å². The molecule has 0 bridgehead atoms. The Morgan fingerprint density at radius 2 is 2.33 bits per heavy atom. The van der Waals surface area contributed by atoms with Crippen LogP contribution in [0.2, 0.25) is 0 Å². The van der Waals surface area contributed by atoms with Crippen LogP contribution in [0.25, 0.3) is 0 Å². The molecular weight excluding hydrogens is 150 g/mol. The van der Waals surface area contributed by atoms with E-state index in [4.69, 9.17) is 11.2 Å². The molecule has 0 aromatic heterocycles. The number of ether oxygens (including phenoxy) is 1. The zero-order chi connectivity index (χ0) is 8.44. The summed E-state index contributed by atoms with van der Waals surface area (Å²) >= 11 is 0. The van der Waals surface area contributed by atoms with Crippen LogP contribution in [0.5, 0.6) is 0 Å². The van der Waals surface area contributed by atoms with Crippen molar-refractivity contribution in [2.45, 2.75) is 24.9 Å². The van der Waals surface area contributed by atoms with Crippen LogP contribution in [-0.4, -0.2) is 36.7 Å². The monoisotopic (exact) mass is 165 g/mol. The molecule has 1 saturated heterocycles. The standard InChI is InChI=1S/C10H15NO/c1-2-6-11-7-8-12-10(9-11)4-3-5-10/h1H,3-9H2. The minimum Gasteiger partial charge on any atom is -0.372 e. The zero-order valence-corrected chi connectivity index (χ0v) is 7.38. The molecule has 0 N–H and O–H groups in total. The summed E-state index contributed by atoms with van der Waals surface area (Å²) < 4.78 is 5.77. The lowest BCUT2D eigenvalue weighted by Gasteiger charge is -2.48. The van der Waals surface area contributed by atoms with E-state index in [1.807, 2.05) is 0 Å². The summed E-state index contributed by atoms with van der Waals surface area (Å²) in [5.74, 6) is 2.69. The van der Waals surface area contributed by atoms with Gasteiger partial charge in [0, 0.05) is 13.1 Å². The zero-order valence-electron chi connectivity index (χ0n) is 7.38. The van der Waals surface area contributed by atoms with Crippen molar-refractivity contribution in [2.24, 2.45) is 0 Å². The maximum Gasteiger partial charge on any atom is 0.0809 e. The molecule has 1 aliphatic carbocycles. The van der Waals surface area contributed by atoms with Crippen LogP contribution in [0.15, 0.2) is 0 Å². The van der Waals surface area contributed by atoms with Gasteiger partial charge in [-0.15, -0.1) is 6.42 Å². The van der Waals surface area contributed by atoms with Crippen molar-refractivity contribution in [3.05, 3.63) is 0 Å². The molecule has 2 aliphatic rings. The Labute approximate surface area is 73.9 Å². The Morgan fingerprint density at radius 1 is 1.50 bits per heavy atom. The lowest BCUT2D eigenvalue weighted by Crippen LogP contribution is -2.55. The van der Waals surface area contributed by atoms with Gasteiger partial charge in [-0.3, -0.25) is 4.90 Å². The Morgan fingerprint density at radius 3 is 2.92 bits per heavy atom. The summed E-state index contributed by atoms with van der Waals surface area (Å²) in [4.78, 5) is 2.32. The fourth-order valence-electron chi connectivity index (χ4n) is 2.06. The molecule has 1 spiro atoms. The van der Waals surface area contributed by atoms with Crippen molar-refractivity contribution < 1.29 is 4.74 Å². The number of morpholine rings is 1. The van der Waals surface area contributed by atoms with E-state index < -0.39 is 0 Å². The third-order valence-corrected chi connectivity index (χ3v) is 2.91. The van der Waals surface area contributed by atoms with Crippen LogP contribution < -0.4 is 0 Å². The minimum atomic E-state index is 0.203. The third kappa shape index (κ3) is 1.35. The largest absolute Gasteiger partial charge is 0.372 e. The molecule has 12 heavy (non-hydrogen) atoms. The summed E-state index contributed by atoms with van der Waals surface area (Å²) in [6.45, 7) is 3.70. The summed E-state index contributed by atoms with van der Waals surface area (Å²) in [6, 6.07) is 0. The highest BCUT2D eigenvalue weighted by molar-refractivity contribution is 4.98. The fourth-order valence-corrected chi connectivity index (χ4v) is 2.06. The van der Waals surface area contributed by atoms with Gasteiger partial charge in [-0.05, 0) is 19.3 Å². The SMILES string of the molecule is C#CCN1CCOC2(CCC2)C1. The quantitative estimate of drug-likeness (QED) is 0.535. The van der Waals surface area contributed by atoms with Crippen molar-refractivity contribution in [3.8, 4) is 12.3 Å². The molecule has 2 fully saturated rings. The van der Waals surface area contributed by atoms with Gasteiger partial charge in [-0.1, -0.05) is 5.92 Å². The van der Waals surface area contributed by atoms with Crippen molar-refractivity contribution in [1.82, 2.24) is 4.90 Å². The van der Waals surface area contributed by atoms with Gasteiger partial charge in [0.2, 0.25) is 0 Å². The molecule has 1 aliphatic heterocycles. The van der Waals surface area contributed by atoms with Gasteiger partial charge in [0.1, 0.15) is 0 Å². The summed E-state index contributed by atoms with van der Waals surface area (Å²) in [5, 5.41) is 0. The maximum atomic E-state index is 5.77. The van der Waals surface area contributed by atoms with E-state index in [-0.39, 0.29) is 5.60 Å². The van der Waals surface area contributed by atoms with E-state index in [1.54, 1.807) is 0 Å². The lowest BCUT2D eigenvalue weighted by molar-refractivity contribution is -0.148. The van der Waals surface area contributed by atoms with Gasteiger partial charge in [0.15, 0.2) is 0 Å². The molecule has 0 aromatic rings. The second-order valence-electron chi connectivity index (χ2n) is 3.80. The summed E-state index contributed by atoms with van der Waals surface area (Å²) in [5.41, 5.74) is 0.203. The first-order chi connectivity index (χ1) is 5.85. The van der Waals surface area contributed by atoms with Gasteiger partial charge in [-0.2, -0.15) is 0 Å². The number of terminal acetylenes is 1. The van der Waals surface area contributed by atoms with Crippen LogP contribution in [0.4, 0.5) is 0 Å². The first kappa shape index (κ1) is 8.10. The Balaban J connectivity index is 1.90. The molecule has 1 heterocycles. The second-order valence-corrected chi connectivity index (χ2v) is 3.80. The van der Waals surface area contributed by atoms with E-state index in [9.17, 15) is 0 Å². The molecule has 2 heteroatoms. The number of rotatable bonds is 1. The predicted octanol–water partition coefficient (Wildman–Crippen LogP) is 0.874. The molecular formula is C10H15NO. The molecule has 66 valence electrons. The first-order valence-electron chi connectivity index (χ1n) is 4.64. The van der Waals surface area contributed by atoms with Crippen LogP contribution in [-0.2, 0) is 4.74 Å². The highest BCUT2D eigenvalue weighted by Crippen LogP contribution is 2.37. The molecule has 0 atom stereocenters. The highest BCUT2D eigenvalue weighted by Gasteiger charge is 2.41. The normalized spacial score (nSPS) is 27.9. The smallest absolute Gasteiger partial charge is 0.0809 e. The minimum absolute atomic E-state index is 0.203. The average molecular weight is 165 g/mol. The molecule has 0 aromatic carbocycles. The lowest BCUT2D eigenvalue weighted by atomic mass is 9.79. The molecule has 0 amide bonds. The van der Waals surface area contributed by atoms with Gasteiger partial charge in [-0.25, -0.2) is 0 Å². The van der Waals surface area contributed by atoms with Gasteiger partial charge in [0.05, 0.1) is 18.8 Å². The molecule has 0 unspecified atom stereocenters. The van der Waals surface area contributed by atoms with Crippen LogP contribution >= 0.6 is 0 Å². The fraction of sp³-hybridized carbons (Fsp3) is 0.800. The predicted molar refractivity (Wildman–Crippen MR) is 47.8 cm³/mol. The van der Waals surface area contributed by atoms with E-state index in [1.165, 1.54) is 19.3 Å². The van der Waals surface area contributed by atoms with Gasteiger partial charge in [0.25, 0.3) is 0 Å². The van der Waals surface area contributed by atoms with E-state index in [0.717, 1.165) is 26.2 Å². The van der Waals surface area contributed by atoms with Crippen LogP contribution in [0.3, 0.4) is 0 Å². The van der Waals surface area contributed by atoms with Crippen LogP contribution in [0, 0.1) is 12.3 Å². The topological polar surface area (TPSA) is 12.5 Å². The molecule has 0 radical (unpaired) electrons. The third-order valence-electron chi connectivity index (χ3n) is 2.91. The maximum absolute atomic E-state index is 5.77. The Bertz CT molecular complexity index is 202. The van der Waals surface area contributed by atoms with Crippen molar-refractivity contribution >= 4 is 0 Å². The summed E-state index contributed by atoms with van der Waals surface area (Å²) in [7, 11) is 0. The number of hydrogen-bond donors (Lipinski definition) is 0. The molecule has 1 saturated carbocycles. The highest BCUT2D eigenvalue weighted by atomic mass is 16.5. The van der Waals surface area contributed by atoms with E-state index in [0.29, 0.717) is 0 Å². The Hall–Kier alpha value is -0.520.